The normalized spacial score (nSPS) is 11.9. The molecule has 0 nitrogen and oxygen atoms in total. The van der Waals surface area contributed by atoms with Crippen LogP contribution in [0.1, 0.15) is 76.0 Å². The average molecular weight is 221 g/mol. The summed E-state index contributed by atoms with van der Waals surface area (Å²) in [5.41, 5.74) is 3.20. The van der Waals surface area contributed by atoms with Gasteiger partial charge in [-0.15, -0.1) is 0 Å². The molecule has 0 bridgehead atoms. The molecule has 0 heterocycles. The fraction of sp³-hybridized carbons (Fsp3) is 0.600. The first-order chi connectivity index (χ1) is 7.36. The van der Waals surface area contributed by atoms with E-state index >= 15 is 0 Å². The summed E-state index contributed by atoms with van der Waals surface area (Å²) < 4.78 is 13.9. The van der Waals surface area contributed by atoms with Gasteiger partial charge < -0.3 is 0 Å². The molecule has 0 atom stereocenters. The van der Waals surface area contributed by atoms with E-state index in [1.165, 1.54) is 11.6 Å². The van der Waals surface area contributed by atoms with Gasteiger partial charge in [-0.1, -0.05) is 41.5 Å². The molecule has 0 amide bonds. The predicted molar refractivity (Wildman–Crippen MR) is 67.5 cm³/mol. The SMILES string of the molecule is CC(C)c1[c]cc(F)c(C(C)C)c1C(C)C. The predicted octanol–water partition coefficient (Wildman–Crippen LogP) is 5.00. The number of hydrogen-bond acceptors (Lipinski definition) is 0. The van der Waals surface area contributed by atoms with Crippen LogP contribution in [-0.4, -0.2) is 0 Å². The van der Waals surface area contributed by atoms with Crippen LogP contribution in [0.15, 0.2) is 6.07 Å². The first-order valence-electron chi connectivity index (χ1n) is 6.10. The second kappa shape index (κ2) is 4.99. The van der Waals surface area contributed by atoms with Gasteiger partial charge >= 0.3 is 0 Å². The topological polar surface area (TPSA) is 0 Å². The lowest BCUT2D eigenvalue weighted by Crippen LogP contribution is -2.08. The van der Waals surface area contributed by atoms with Gasteiger partial charge in [0.2, 0.25) is 0 Å². The van der Waals surface area contributed by atoms with E-state index in [1.54, 1.807) is 0 Å². The molecule has 0 saturated heterocycles. The van der Waals surface area contributed by atoms with Crippen molar-refractivity contribution in [2.45, 2.75) is 59.3 Å². The molecule has 0 aliphatic heterocycles. The van der Waals surface area contributed by atoms with Crippen molar-refractivity contribution >= 4 is 0 Å². The lowest BCUT2D eigenvalue weighted by molar-refractivity contribution is 0.585. The summed E-state index contributed by atoms with van der Waals surface area (Å²) in [5.74, 6) is 0.866. The van der Waals surface area contributed by atoms with Gasteiger partial charge in [0.25, 0.3) is 0 Å². The number of hydrogen-bond donors (Lipinski definition) is 0. The summed E-state index contributed by atoms with van der Waals surface area (Å²) in [6, 6.07) is 4.60. The van der Waals surface area contributed by atoms with Crippen molar-refractivity contribution in [3.8, 4) is 0 Å². The fourth-order valence-corrected chi connectivity index (χ4v) is 2.26. The van der Waals surface area contributed by atoms with Crippen molar-refractivity contribution in [1.29, 1.82) is 0 Å². The van der Waals surface area contributed by atoms with E-state index in [2.05, 4.69) is 47.6 Å². The van der Waals surface area contributed by atoms with Gasteiger partial charge in [0.15, 0.2) is 0 Å². The molecule has 0 spiro atoms. The van der Waals surface area contributed by atoms with Crippen molar-refractivity contribution in [3.05, 3.63) is 34.6 Å². The Hall–Kier alpha value is -0.850. The molecule has 0 unspecified atom stereocenters. The van der Waals surface area contributed by atoms with Crippen LogP contribution in [0, 0.1) is 11.9 Å². The quantitative estimate of drug-likeness (QED) is 0.674. The van der Waals surface area contributed by atoms with Crippen molar-refractivity contribution in [1.82, 2.24) is 0 Å². The Labute approximate surface area is 98.9 Å². The van der Waals surface area contributed by atoms with Crippen LogP contribution in [-0.2, 0) is 0 Å². The molecule has 0 fully saturated rings. The molecule has 1 aromatic rings. The standard InChI is InChI=1S/C15H22F/c1-9(2)12-7-8-13(16)15(11(5)6)14(12)10(3)4/h8-11H,1-6H3. The summed E-state index contributed by atoms with van der Waals surface area (Å²) in [6.07, 6.45) is 0. The first-order valence-corrected chi connectivity index (χ1v) is 6.10. The maximum atomic E-state index is 13.9. The molecule has 0 aliphatic rings. The van der Waals surface area contributed by atoms with Crippen LogP contribution in [0.5, 0.6) is 0 Å². The van der Waals surface area contributed by atoms with E-state index in [-0.39, 0.29) is 11.7 Å². The third kappa shape index (κ3) is 2.45. The lowest BCUT2D eigenvalue weighted by atomic mass is 9.83. The first kappa shape index (κ1) is 13.2. The minimum absolute atomic E-state index is 0.108. The fourth-order valence-electron chi connectivity index (χ4n) is 2.26. The highest BCUT2D eigenvalue weighted by Crippen LogP contribution is 2.34. The molecule has 0 aromatic heterocycles. The molecule has 1 rings (SSSR count). The Morgan fingerprint density at radius 2 is 1.38 bits per heavy atom. The maximum Gasteiger partial charge on any atom is 0.127 e. The van der Waals surface area contributed by atoms with Gasteiger partial charge in [0.05, 0.1) is 0 Å². The van der Waals surface area contributed by atoms with E-state index in [0.717, 1.165) is 11.1 Å². The molecule has 16 heavy (non-hydrogen) atoms. The smallest absolute Gasteiger partial charge is 0.127 e. The second-order valence-corrected chi connectivity index (χ2v) is 5.34. The third-order valence-corrected chi connectivity index (χ3v) is 2.92. The summed E-state index contributed by atoms with van der Waals surface area (Å²) in [5, 5.41) is 0. The Morgan fingerprint density at radius 1 is 0.875 bits per heavy atom. The average Bonchev–Trinajstić information content (AvgIpc) is 2.15. The largest absolute Gasteiger partial charge is 0.207 e. The highest BCUT2D eigenvalue weighted by Gasteiger charge is 2.20. The zero-order chi connectivity index (χ0) is 12.5. The highest BCUT2D eigenvalue weighted by atomic mass is 19.1. The molecule has 0 aliphatic carbocycles. The minimum Gasteiger partial charge on any atom is -0.207 e. The van der Waals surface area contributed by atoms with E-state index in [1.807, 2.05) is 0 Å². The van der Waals surface area contributed by atoms with Crippen LogP contribution >= 0.6 is 0 Å². The van der Waals surface area contributed by atoms with Gasteiger partial charge in [-0.25, -0.2) is 4.39 Å². The highest BCUT2D eigenvalue weighted by molar-refractivity contribution is 5.41. The zero-order valence-electron chi connectivity index (χ0n) is 11.2. The third-order valence-electron chi connectivity index (χ3n) is 2.92. The second-order valence-electron chi connectivity index (χ2n) is 5.34. The van der Waals surface area contributed by atoms with E-state index in [4.69, 9.17) is 0 Å². The molecule has 0 N–H and O–H groups in total. The summed E-state index contributed by atoms with van der Waals surface area (Å²) in [4.78, 5) is 0. The van der Waals surface area contributed by atoms with Gasteiger partial charge in [0.1, 0.15) is 5.82 Å². The van der Waals surface area contributed by atoms with Gasteiger partial charge in [-0.2, -0.15) is 0 Å². The summed E-state index contributed by atoms with van der Waals surface area (Å²) in [6.45, 7) is 12.6. The van der Waals surface area contributed by atoms with Crippen molar-refractivity contribution in [2.24, 2.45) is 0 Å². The van der Waals surface area contributed by atoms with Crippen LogP contribution in [0.25, 0.3) is 0 Å². The van der Waals surface area contributed by atoms with Crippen molar-refractivity contribution in [3.63, 3.8) is 0 Å². The van der Waals surface area contributed by atoms with Gasteiger partial charge in [-0.05, 0) is 46.6 Å². The van der Waals surface area contributed by atoms with Crippen molar-refractivity contribution in [2.75, 3.05) is 0 Å². The molecule has 1 radical (unpaired) electrons. The van der Waals surface area contributed by atoms with Crippen LogP contribution in [0.4, 0.5) is 4.39 Å². The van der Waals surface area contributed by atoms with Gasteiger partial charge in [-0.3, -0.25) is 0 Å². The molecular formula is C15H22F. The van der Waals surface area contributed by atoms with Crippen LogP contribution in [0.3, 0.4) is 0 Å². The number of benzene rings is 1. The Bertz CT molecular complexity index is 362. The monoisotopic (exact) mass is 221 g/mol. The van der Waals surface area contributed by atoms with Crippen LogP contribution < -0.4 is 0 Å². The van der Waals surface area contributed by atoms with E-state index in [0.29, 0.717) is 11.8 Å². The number of rotatable bonds is 3. The van der Waals surface area contributed by atoms with Gasteiger partial charge in [0, 0.05) is 0 Å². The molecule has 89 valence electrons. The van der Waals surface area contributed by atoms with E-state index < -0.39 is 0 Å². The van der Waals surface area contributed by atoms with E-state index in [9.17, 15) is 4.39 Å². The lowest BCUT2D eigenvalue weighted by Gasteiger charge is -2.22. The molecule has 1 aromatic carbocycles. The Balaban J connectivity index is 3.50. The molecular weight excluding hydrogens is 199 g/mol. The molecule has 1 heteroatoms. The van der Waals surface area contributed by atoms with Crippen molar-refractivity contribution < 1.29 is 4.39 Å². The number of halogens is 1. The zero-order valence-corrected chi connectivity index (χ0v) is 11.2. The Morgan fingerprint density at radius 3 is 1.75 bits per heavy atom. The Kier molecular flexibility index (Phi) is 4.12. The molecule has 0 saturated carbocycles. The maximum absolute atomic E-state index is 13.9. The minimum atomic E-state index is -0.108. The van der Waals surface area contributed by atoms with Crippen LogP contribution in [0.2, 0.25) is 0 Å². The summed E-state index contributed by atoms with van der Waals surface area (Å²) >= 11 is 0. The summed E-state index contributed by atoms with van der Waals surface area (Å²) in [7, 11) is 0.